The topological polar surface area (TPSA) is 111 Å². The second-order valence-corrected chi connectivity index (χ2v) is 7.28. The van der Waals surface area contributed by atoms with Crippen molar-refractivity contribution in [3.05, 3.63) is 47.5 Å². The van der Waals surface area contributed by atoms with Gasteiger partial charge in [0.1, 0.15) is 6.07 Å². The van der Waals surface area contributed by atoms with Crippen LogP contribution in [0.2, 0.25) is 0 Å². The van der Waals surface area contributed by atoms with Crippen LogP contribution in [-0.4, -0.2) is 31.9 Å². The molecule has 9 heteroatoms. The molecule has 8 nitrogen and oxygen atoms in total. The van der Waals surface area contributed by atoms with Crippen LogP contribution in [0.3, 0.4) is 0 Å². The summed E-state index contributed by atoms with van der Waals surface area (Å²) >= 11 is 5.84. The van der Waals surface area contributed by atoms with Gasteiger partial charge >= 0.3 is 0 Å². The van der Waals surface area contributed by atoms with Crippen molar-refractivity contribution in [3.63, 3.8) is 0 Å². The van der Waals surface area contributed by atoms with Crippen molar-refractivity contribution in [2.45, 2.75) is 44.0 Å². The molecule has 1 fully saturated rings. The maximum atomic E-state index is 13.0. The molecular weight excluding hydrogens is 390 g/mol. The van der Waals surface area contributed by atoms with Gasteiger partial charge in [-0.25, -0.2) is 4.98 Å². The third-order valence-electron chi connectivity index (χ3n) is 5.12. The Kier molecular flexibility index (Phi) is 5.58. The van der Waals surface area contributed by atoms with Gasteiger partial charge in [-0.3, -0.25) is 15.2 Å². The number of hydrogen-bond donors (Lipinski definition) is 2. The number of aromatic nitrogens is 4. The minimum atomic E-state index is -0.252. The lowest BCUT2D eigenvalue weighted by Crippen LogP contribution is -2.50. The zero-order chi connectivity index (χ0) is 20.2. The molecule has 1 aliphatic carbocycles. The first-order valence-corrected chi connectivity index (χ1v) is 10.1. The first-order valence-electron chi connectivity index (χ1n) is 9.56. The van der Waals surface area contributed by atoms with Crippen molar-refractivity contribution in [1.29, 1.82) is 5.26 Å². The van der Waals surface area contributed by atoms with Crippen LogP contribution >= 0.6 is 11.6 Å². The van der Waals surface area contributed by atoms with Crippen molar-refractivity contribution in [2.24, 2.45) is 0 Å². The number of carbonyl (C=O) groups excluding carboxylic acids is 1. The number of alkyl halides is 1. The molecule has 0 saturated heterocycles. The summed E-state index contributed by atoms with van der Waals surface area (Å²) in [7, 11) is 0. The number of carbonyl (C=O) groups is 1. The lowest BCUT2D eigenvalue weighted by Gasteiger charge is -2.35. The van der Waals surface area contributed by atoms with Crippen molar-refractivity contribution in [1.82, 2.24) is 25.4 Å². The zero-order valence-electron chi connectivity index (χ0n) is 15.7. The van der Waals surface area contributed by atoms with Gasteiger partial charge in [0.05, 0.1) is 12.4 Å². The van der Waals surface area contributed by atoms with E-state index in [1.165, 1.54) is 12.7 Å². The molecule has 2 aromatic heterocycles. The fraction of sp³-hybridized carbons (Fsp3) is 0.350. The molecule has 148 valence electrons. The van der Waals surface area contributed by atoms with E-state index in [2.05, 4.69) is 25.4 Å². The summed E-state index contributed by atoms with van der Waals surface area (Å²) < 4.78 is 0. The van der Waals surface area contributed by atoms with Crippen LogP contribution in [0.1, 0.15) is 53.8 Å². The average Bonchev–Trinajstić information content (AvgIpc) is 3.26. The van der Waals surface area contributed by atoms with E-state index >= 15 is 0 Å². The molecule has 2 N–H and O–H groups in total. The lowest BCUT2D eigenvalue weighted by molar-refractivity contribution is 0.0941. The molecular formula is C20H20ClN7O. The third kappa shape index (κ3) is 4.00. The number of imidazole rings is 1. The average molecular weight is 410 g/mol. The van der Waals surface area contributed by atoms with Crippen LogP contribution in [0.25, 0.3) is 11.2 Å². The number of benzene rings is 1. The van der Waals surface area contributed by atoms with Gasteiger partial charge in [-0.15, -0.1) is 11.6 Å². The first kappa shape index (κ1) is 19.2. The second kappa shape index (κ2) is 8.45. The Labute approximate surface area is 172 Å². The summed E-state index contributed by atoms with van der Waals surface area (Å²) in [5.41, 5.74) is 5.45. The summed E-state index contributed by atoms with van der Waals surface area (Å²) in [6.07, 6.45) is 6.66. The summed E-state index contributed by atoms with van der Waals surface area (Å²) in [4.78, 5) is 28.8. The molecule has 0 aliphatic heterocycles. The largest absolute Gasteiger partial charge is 0.329 e. The van der Waals surface area contributed by atoms with Gasteiger partial charge in [-0.1, -0.05) is 31.4 Å². The minimum absolute atomic E-state index is 0.0262. The summed E-state index contributed by atoms with van der Waals surface area (Å²) in [5, 5.41) is 11.1. The highest BCUT2D eigenvalue weighted by atomic mass is 35.5. The Morgan fingerprint density at radius 1 is 1.24 bits per heavy atom. The minimum Gasteiger partial charge on any atom is -0.329 e. The number of nitrogens with one attached hydrogen (secondary N) is 2. The van der Waals surface area contributed by atoms with Gasteiger partial charge in [0.15, 0.2) is 17.0 Å². The highest BCUT2D eigenvalue weighted by Gasteiger charge is 2.27. The number of nitrogens with zero attached hydrogens (tertiary/aromatic N) is 5. The number of hydrogen-bond acceptors (Lipinski definition) is 6. The molecule has 3 aromatic rings. The van der Waals surface area contributed by atoms with Gasteiger partial charge in [0.25, 0.3) is 5.91 Å². The lowest BCUT2D eigenvalue weighted by atomic mass is 9.95. The van der Waals surface area contributed by atoms with Crippen LogP contribution < -0.4 is 10.4 Å². The molecule has 4 rings (SSSR count). The highest BCUT2D eigenvalue weighted by molar-refractivity contribution is 6.17. The van der Waals surface area contributed by atoms with Crippen molar-refractivity contribution in [2.75, 3.05) is 5.01 Å². The summed E-state index contributed by atoms with van der Waals surface area (Å²) in [6, 6.07) is 9.20. The van der Waals surface area contributed by atoms with E-state index in [1.807, 2.05) is 18.2 Å². The first-order chi connectivity index (χ1) is 14.2. The molecule has 29 heavy (non-hydrogen) atoms. The van der Waals surface area contributed by atoms with Crippen LogP contribution in [0, 0.1) is 11.3 Å². The Morgan fingerprint density at radius 2 is 2.00 bits per heavy atom. The van der Waals surface area contributed by atoms with E-state index in [0.717, 1.165) is 31.2 Å². The van der Waals surface area contributed by atoms with Crippen molar-refractivity contribution < 1.29 is 4.79 Å². The number of amides is 1. The quantitative estimate of drug-likeness (QED) is 0.493. The van der Waals surface area contributed by atoms with Crippen LogP contribution in [0.15, 0.2) is 30.6 Å². The van der Waals surface area contributed by atoms with Crippen molar-refractivity contribution >= 4 is 34.5 Å². The molecule has 0 spiro atoms. The van der Waals surface area contributed by atoms with Crippen LogP contribution in [0.4, 0.5) is 5.82 Å². The SMILES string of the molecule is N#Cc1nc(N(NC(=O)c2ccc(CCl)cc2)C2CCCCC2)c2nc[nH]c2n1. The highest BCUT2D eigenvalue weighted by Crippen LogP contribution is 2.28. The number of H-pyrrole nitrogens is 1. The van der Waals surface area contributed by atoms with Crippen LogP contribution in [0.5, 0.6) is 0 Å². The monoisotopic (exact) mass is 409 g/mol. The summed E-state index contributed by atoms with van der Waals surface area (Å²) in [6.45, 7) is 0. The van der Waals surface area contributed by atoms with E-state index in [0.29, 0.717) is 28.4 Å². The normalized spacial score (nSPS) is 14.5. The number of halogens is 1. The number of aromatic amines is 1. The molecule has 1 aliphatic rings. The number of nitriles is 1. The van der Waals surface area contributed by atoms with E-state index in [1.54, 1.807) is 17.1 Å². The van der Waals surface area contributed by atoms with E-state index in [-0.39, 0.29) is 17.8 Å². The van der Waals surface area contributed by atoms with Gasteiger partial charge in [0.2, 0.25) is 5.82 Å². The Bertz CT molecular complexity index is 1050. The molecule has 1 saturated carbocycles. The molecule has 0 unspecified atom stereocenters. The predicted molar refractivity (Wildman–Crippen MR) is 109 cm³/mol. The van der Waals surface area contributed by atoms with Crippen molar-refractivity contribution in [3.8, 4) is 6.07 Å². The Hall–Kier alpha value is -3.18. The van der Waals surface area contributed by atoms with Gasteiger partial charge in [-0.2, -0.15) is 15.2 Å². The van der Waals surface area contributed by atoms with Gasteiger partial charge in [0, 0.05) is 11.4 Å². The predicted octanol–water partition coefficient (Wildman–Crippen LogP) is 3.45. The van der Waals surface area contributed by atoms with Crippen LogP contribution in [-0.2, 0) is 5.88 Å². The summed E-state index contributed by atoms with van der Waals surface area (Å²) in [5.74, 6) is 0.603. The molecule has 1 amide bonds. The Morgan fingerprint density at radius 3 is 2.69 bits per heavy atom. The molecule has 0 bridgehead atoms. The molecule has 0 radical (unpaired) electrons. The number of hydrazine groups is 1. The molecule has 0 atom stereocenters. The fourth-order valence-corrected chi connectivity index (χ4v) is 3.79. The fourth-order valence-electron chi connectivity index (χ4n) is 3.61. The van der Waals surface area contributed by atoms with Gasteiger partial charge in [-0.05, 0) is 30.5 Å². The maximum Gasteiger partial charge on any atom is 0.269 e. The number of fused-ring (bicyclic) bond motifs is 1. The molecule has 1 aromatic carbocycles. The van der Waals surface area contributed by atoms with E-state index in [4.69, 9.17) is 11.6 Å². The maximum absolute atomic E-state index is 13.0. The van der Waals surface area contributed by atoms with Gasteiger partial charge < -0.3 is 4.98 Å². The zero-order valence-corrected chi connectivity index (χ0v) is 16.5. The van der Waals surface area contributed by atoms with E-state index in [9.17, 15) is 10.1 Å². The third-order valence-corrected chi connectivity index (χ3v) is 5.43. The smallest absolute Gasteiger partial charge is 0.269 e. The Balaban J connectivity index is 1.71. The number of rotatable bonds is 5. The van der Waals surface area contributed by atoms with E-state index < -0.39 is 0 Å². The number of anilines is 1. The standard InChI is InChI=1S/C20H20ClN7O/c21-10-13-6-8-14(9-7-13)20(29)27-28(15-4-2-1-3-5-15)19-17-18(24-12-23-17)25-16(11-22)26-19/h6-9,12,15H,1-5,10H2,(H,27,29)(H,23,24,25,26). The molecule has 2 heterocycles. The second-order valence-electron chi connectivity index (χ2n) is 7.02.